The van der Waals surface area contributed by atoms with E-state index in [2.05, 4.69) is 64.4 Å². The molecule has 3 heterocycles. The Kier molecular flexibility index (Phi) is 10.4. The minimum Gasteiger partial charge on any atom is -0.400 e. The third-order valence-corrected chi connectivity index (χ3v) is 10.1. The molecule has 1 aliphatic heterocycles. The zero-order valence-corrected chi connectivity index (χ0v) is 31.0. The Morgan fingerprint density at radius 1 is 0.783 bits per heavy atom. The van der Waals surface area contributed by atoms with Crippen molar-refractivity contribution >= 4 is 90.9 Å². The van der Waals surface area contributed by atoms with Crippen molar-refractivity contribution in [1.82, 2.24) is 9.97 Å². The highest BCUT2D eigenvalue weighted by molar-refractivity contribution is 14.1. The van der Waals surface area contributed by atoms with Crippen LogP contribution in [0.1, 0.15) is 55.5 Å². The number of allylic oxidation sites excluding steroid dienone is 2. The fourth-order valence-corrected chi connectivity index (χ4v) is 6.70. The summed E-state index contributed by atoms with van der Waals surface area (Å²) in [5, 5.41) is 0. The molecular weight excluding hydrogens is 832 g/mol. The lowest BCUT2D eigenvalue weighted by atomic mass is 9.77. The number of nitrogens with zero attached hydrogens (tertiary/aromatic N) is 2. The summed E-state index contributed by atoms with van der Waals surface area (Å²) in [4.78, 5) is 8.01. The van der Waals surface area contributed by atoms with Gasteiger partial charge in [-0.05, 0) is 148 Å². The van der Waals surface area contributed by atoms with Gasteiger partial charge >= 0.3 is 7.12 Å². The van der Waals surface area contributed by atoms with Crippen molar-refractivity contribution in [2.75, 3.05) is 11.5 Å². The average molecular weight is 864 g/mol. The molecule has 12 heteroatoms. The molecule has 0 spiro atoms. The first-order chi connectivity index (χ1) is 21.6. The van der Waals surface area contributed by atoms with E-state index in [4.69, 9.17) is 20.8 Å². The molecule has 4 aromatic rings. The van der Waals surface area contributed by atoms with Crippen LogP contribution in [0.2, 0.25) is 0 Å². The molecule has 0 atom stereocenters. The molecule has 2 aromatic carbocycles. The maximum atomic E-state index is 13.7. The Morgan fingerprint density at radius 3 is 1.83 bits per heavy atom. The monoisotopic (exact) mass is 862 g/mol. The van der Waals surface area contributed by atoms with Gasteiger partial charge in [0.2, 0.25) is 0 Å². The predicted molar refractivity (Wildman–Crippen MR) is 198 cm³/mol. The van der Waals surface area contributed by atoms with Crippen molar-refractivity contribution in [3.63, 3.8) is 0 Å². The molecule has 2 aliphatic carbocycles. The number of fused-ring (bicyclic) bond motifs is 2. The van der Waals surface area contributed by atoms with Gasteiger partial charge in [-0.3, -0.25) is 0 Å². The van der Waals surface area contributed by atoms with Crippen LogP contribution in [-0.2, 0) is 22.2 Å². The van der Waals surface area contributed by atoms with E-state index in [1.54, 1.807) is 24.5 Å². The lowest BCUT2D eigenvalue weighted by Crippen LogP contribution is -2.41. The van der Waals surface area contributed by atoms with Gasteiger partial charge in [0.05, 0.1) is 14.8 Å². The molecule has 3 aliphatic rings. The third kappa shape index (κ3) is 7.56. The molecular formula is C34H32BBr2F2IN4O2. The number of nitrogen functional groups attached to an aromatic ring is 2. The van der Waals surface area contributed by atoms with E-state index in [0.717, 1.165) is 40.3 Å². The minimum absolute atomic E-state index is 0.177. The normalized spacial score (nSPS) is 16.8. The van der Waals surface area contributed by atoms with Gasteiger partial charge in [-0.15, -0.1) is 0 Å². The first kappa shape index (κ1) is 34.7. The fourth-order valence-electron chi connectivity index (χ4n) is 5.13. The number of aromatic nitrogens is 2. The van der Waals surface area contributed by atoms with Crippen molar-refractivity contribution in [3.8, 4) is 0 Å². The summed E-state index contributed by atoms with van der Waals surface area (Å²) in [6.07, 6.45) is 8.44. The standard InChI is InChI=1S/C15H18BFO2.C14H10BrFN2.C5H4BrIN2/c1-14(2)15(3,4)19-16(18-14)11-8-10-6-5-7-13(17)12(10)9-11;15-10-6-12(14(17)18-7-10)9-4-8-2-1-3-13(16)11(8)5-9;6-3-1-4(7)5(8)9-2-3/h5-7,9H,8H2,1-4H3;1-3,5-7H,4H2,(H2,17,18);1-2H,(H2,8,9). The molecule has 6 nitrogen and oxygen atoms in total. The molecule has 1 fully saturated rings. The predicted octanol–water partition coefficient (Wildman–Crippen LogP) is 9.09. The molecule has 0 bridgehead atoms. The molecule has 2 aromatic heterocycles. The molecule has 0 radical (unpaired) electrons. The van der Waals surface area contributed by atoms with Gasteiger partial charge in [0, 0.05) is 38.0 Å². The molecule has 1 saturated heterocycles. The summed E-state index contributed by atoms with van der Waals surface area (Å²) in [5.74, 6) is 0.685. The molecule has 0 amide bonds. The third-order valence-electron chi connectivity index (χ3n) is 8.33. The molecule has 0 saturated carbocycles. The van der Waals surface area contributed by atoms with E-state index in [0.29, 0.717) is 35.6 Å². The number of nitrogens with two attached hydrogens (primary N) is 2. The van der Waals surface area contributed by atoms with E-state index >= 15 is 0 Å². The average Bonchev–Trinajstić information content (AvgIpc) is 3.68. The van der Waals surface area contributed by atoms with Crippen LogP contribution in [0.3, 0.4) is 0 Å². The van der Waals surface area contributed by atoms with Gasteiger partial charge in [0.15, 0.2) is 0 Å². The number of halogens is 5. The fraction of sp³-hybridized carbons (Fsp3) is 0.235. The highest BCUT2D eigenvalue weighted by atomic mass is 127. The van der Waals surface area contributed by atoms with Gasteiger partial charge in [-0.1, -0.05) is 30.3 Å². The van der Waals surface area contributed by atoms with Gasteiger partial charge in [-0.2, -0.15) is 0 Å². The van der Waals surface area contributed by atoms with Gasteiger partial charge in [0.25, 0.3) is 0 Å². The zero-order chi connectivity index (χ0) is 33.4. The van der Waals surface area contributed by atoms with Gasteiger partial charge < -0.3 is 20.8 Å². The van der Waals surface area contributed by atoms with Crippen LogP contribution in [-0.4, -0.2) is 28.3 Å². The second kappa shape index (κ2) is 13.8. The number of pyridine rings is 2. The zero-order valence-electron chi connectivity index (χ0n) is 25.7. The summed E-state index contributed by atoms with van der Waals surface area (Å²) < 4.78 is 42.2. The second-order valence-corrected chi connectivity index (χ2v) is 15.1. The van der Waals surface area contributed by atoms with Crippen molar-refractivity contribution in [3.05, 3.63) is 118 Å². The number of hydrogen-bond acceptors (Lipinski definition) is 6. The molecule has 0 unspecified atom stereocenters. The highest BCUT2D eigenvalue weighted by Gasteiger charge is 2.52. The topological polar surface area (TPSA) is 96.3 Å². The molecule has 238 valence electrons. The van der Waals surface area contributed by atoms with E-state index in [9.17, 15) is 8.78 Å². The first-order valence-electron chi connectivity index (χ1n) is 14.4. The number of hydrogen-bond donors (Lipinski definition) is 2. The van der Waals surface area contributed by atoms with Gasteiger partial charge in [-0.25, -0.2) is 18.7 Å². The van der Waals surface area contributed by atoms with Crippen molar-refractivity contribution in [2.45, 2.75) is 51.7 Å². The van der Waals surface area contributed by atoms with Crippen LogP contribution in [0, 0.1) is 15.2 Å². The Morgan fingerprint density at radius 2 is 1.30 bits per heavy atom. The molecule has 4 N–H and O–H groups in total. The summed E-state index contributed by atoms with van der Waals surface area (Å²) in [6, 6.07) is 14.2. The molecule has 7 rings (SSSR count). The molecule has 46 heavy (non-hydrogen) atoms. The van der Waals surface area contributed by atoms with Crippen molar-refractivity contribution in [1.29, 1.82) is 0 Å². The van der Waals surface area contributed by atoms with E-state index < -0.39 is 0 Å². The summed E-state index contributed by atoms with van der Waals surface area (Å²) in [7, 11) is -0.378. The Balaban J connectivity index is 0.000000145. The SMILES string of the molecule is CC1(C)OB(C2=Cc3c(F)cccc3C2)OC1(C)C.Nc1ncc(Br)cc1C1=Cc2c(F)cccc2C1.Nc1ncc(Br)cc1I. The summed E-state index contributed by atoms with van der Waals surface area (Å²) in [5.41, 5.74) is 16.8. The van der Waals surface area contributed by atoms with Crippen molar-refractivity contribution in [2.24, 2.45) is 0 Å². The number of anilines is 2. The van der Waals surface area contributed by atoms with E-state index in [1.807, 2.05) is 64.1 Å². The first-order valence-corrected chi connectivity index (χ1v) is 17.1. The van der Waals surface area contributed by atoms with Crippen LogP contribution in [0.15, 0.2) is 75.3 Å². The summed E-state index contributed by atoms with van der Waals surface area (Å²) >= 11 is 8.78. The van der Waals surface area contributed by atoms with Crippen LogP contribution >= 0.6 is 54.5 Å². The Hall–Kier alpha value is -2.65. The summed E-state index contributed by atoms with van der Waals surface area (Å²) in [6.45, 7) is 8.10. The van der Waals surface area contributed by atoms with E-state index in [-0.39, 0.29) is 30.0 Å². The van der Waals surface area contributed by atoms with Gasteiger partial charge in [0.1, 0.15) is 23.3 Å². The van der Waals surface area contributed by atoms with Crippen LogP contribution < -0.4 is 11.5 Å². The lowest BCUT2D eigenvalue weighted by molar-refractivity contribution is 0.00578. The Bertz CT molecular complexity index is 1850. The largest absolute Gasteiger partial charge is 0.490 e. The maximum absolute atomic E-state index is 13.7. The minimum atomic E-state index is -0.378. The Labute approximate surface area is 298 Å². The van der Waals surface area contributed by atoms with Crippen molar-refractivity contribution < 1.29 is 18.1 Å². The van der Waals surface area contributed by atoms with Crippen LogP contribution in [0.4, 0.5) is 20.4 Å². The highest BCUT2D eigenvalue weighted by Crippen LogP contribution is 2.41. The second-order valence-electron chi connectivity index (χ2n) is 12.1. The smallest absolute Gasteiger partial charge is 0.400 e. The quantitative estimate of drug-likeness (QED) is 0.154. The number of rotatable bonds is 2. The van der Waals surface area contributed by atoms with Crippen LogP contribution in [0.25, 0.3) is 17.7 Å². The van der Waals surface area contributed by atoms with E-state index in [1.165, 1.54) is 12.1 Å². The maximum Gasteiger partial charge on any atom is 0.490 e. The van der Waals surface area contributed by atoms with Crippen LogP contribution in [0.5, 0.6) is 0 Å². The number of benzene rings is 2. The lowest BCUT2D eigenvalue weighted by Gasteiger charge is -2.32.